The molecule has 0 fully saturated rings. The number of nitrogens with zero attached hydrogens (tertiary/aromatic N) is 1. The lowest BCUT2D eigenvalue weighted by Gasteiger charge is -2.15. The number of aromatic nitrogens is 2. The van der Waals surface area contributed by atoms with Crippen molar-refractivity contribution < 1.29 is 53.9 Å². The van der Waals surface area contributed by atoms with Crippen LogP contribution in [0.2, 0.25) is 0 Å². The predicted molar refractivity (Wildman–Crippen MR) is 150 cm³/mol. The van der Waals surface area contributed by atoms with Crippen molar-refractivity contribution in [2.45, 2.75) is 32.6 Å². The van der Waals surface area contributed by atoms with Gasteiger partial charge in [0.1, 0.15) is 0 Å². The largest absolute Gasteiger partial charge is 0.465 e. The van der Waals surface area contributed by atoms with Crippen LogP contribution in [0.1, 0.15) is 57.7 Å². The van der Waals surface area contributed by atoms with Crippen LogP contribution >= 0.6 is 0 Å². The summed E-state index contributed by atoms with van der Waals surface area (Å²) in [7, 11) is -2.92. The Kier molecular flexibility index (Phi) is 10.8. The Labute approximate surface area is 249 Å². The Morgan fingerprint density at radius 3 is 2.02 bits per heavy atom. The summed E-state index contributed by atoms with van der Waals surface area (Å²) in [6, 6.07) is 2.84. The van der Waals surface area contributed by atoms with Crippen LogP contribution in [0.4, 0.5) is 32.0 Å². The monoisotopic (exact) mass is 666 g/mol. The number of benzene rings is 2. The molecule has 0 aliphatic carbocycles. The van der Waals surface area contributed by atoms with Gasteiger partial charge in [-0.3, -0.25) is 14.4 Å². The first-order valence-electron chi connectivity index (χ1n) is 12.2. The van der Waals surface area contributed by atoms with Crippen molar-refractivity contribution in [1.82, 2.24) is 9.66 Å². The molecule has 3 N–H and O–H groups in total. The lowest BCUT2D eigenvalue weighted by atomic mass is 9.99. The van der Waals surface area contributed by atoms with Crippen molar-refractivity contribution in [3.05, 3.63) is 79.5 Å². The number of Topliss-reactive ketones (excluding diaryl/α,β-unsaturated/α-hetero) is 1. The van der Waals surface area contributed by atoms with Gasteiger partial charge in [0.2, 0.25) is 15.9 Å². The number of rotatable bonds is 7. The topological polar surface area (TPSA) is 173 Å². The zero-order chi connectivity index (χ0) is 34.7. The molecule has 12 nitrogen and oxygen atoms in total. The molecule has 3 rings (SSSR count). The maximum atomic E-state index is 13.2. The van der Waals surface area contributed by atoms with Crippen molar-refractivity contribution in [3.8, 4) is 0 Å². The highest BCUT2D eigenvalue weighted by Crippen LogP contribution is 2.36. The summed E-state index contributed by atoms with van der Waals surface area (Å²) in [5.41, 5.74) is -6.69. The minimum Gasteiger partial charge on any atom is -0.465 e. The molecule has 0 saturated heterocycles. The molecule has 1 amide bonds. The standard InChI is InChI=1S/C13H12F3N3O5S.C13H12F3NO3/c1-3-10(20)6-4-7-9(5-8(6)13(14,15)16)17-12(22)19(11(7)21)18-25(2,23)24;1-4-8-5-9(12(19)20-3)11(17-7(2)18)6-10(8)13(14,15)16/h4-5,18H,3H2,1-2H3,(H,17,22);4-6H,1H2,2-3H3,(H,17,18). The van der Waals surface area contributed by atoms with Crippen molar-refractivity contribution in [3.63, 3.8) is 0 Å². The summed E-state index contributed by atoms with van der Waals surface area (Å²) >= 11 is 0. The number of sulfonamides is 1. The Morgan fingerprint density at radius 1 is 1.00 bits per heavy atom. The molecular weight excluding hydrogens is 642 g/mol. The Morgan fingerprint density at radius 2 is 1.58 bits per heavy atom. The van der Waals surface area contributed by atoms with Gasteiger partial charge in [-0.1, -0.05) is 19.6 Å². The fourth-order valence-electron chi connectivity index (χ4n) is 3.77. The lowest BCUT2D eigenvalue weighted by Crippen LogP contribution is -2.43. The predicted octanol–water partition coefficient (Wildman–Crippen LogP) is 3.90. The van der Waals surface area contributed by atoms with E-state index in [1.165, 1.54) is 6.92 Å². The highest BCUT2D eigenvalue weighted by molar-refractivity contribution is 7.91. The van der Waals surface area contributed by atoms with Gasteiger partial charge < -0.3 is 15.0 Å². The normalized spacial score (nSPS) is 11.7. The highest BCUT2D eigenvalue weighted by Gasteiger charge is 2.36. The number of halogens is 6. The molecule has 0 bridgehead atoms. The van der Waals surface area contributed by atoms with Crippen LogP contribution < -0.4 is 21.4 Å². The van der Waals surface area contributed by atoms with Gasteiger partial charge >= 0.3 is 24.0 Å². The van der Waals surface area contributed by atoms with E-state index in [9.17, 15) is 58.7 Å². The number of aromatic amines is 1. The van der Waals surface area contributed by atoms with Gasteiger partial charge in [0.15, 0.2) is 5.78 Å². The van der Waals surface area contributed by atoms with Crippen molar-refractivity contribution in [2.24, 2.45) is 0 Å². The van der Waals surface area contributed by atoms with E-state index in [1.54, 1.807) is 4.83 Å². The van der Waals surface area contributed by atoms with Crippen molar-refractivity contribution in [2.75, 3.05) is 23.5 Å². The molecule has 45 heavy (non-hydrogen) atoms. The average Bonchev–Trinajstić information content (AvgIpc) is 2.92. The molecule has 244 valence electrons. The van der Waals surface area contributed by atoms with Crippen LogP contribution in [-0.4, -0.2) is 49.1 Å². The van der Waals surface area contributed by atoms with E-state index in [-0.39, 0.29) is 27.9 Å². The minimum atomic E-state index is -4.88. The van der Waals surface area contributed by atoms with E-state index in [1.807, 2.05) is 4.98 Å². The number of anilines is 1. The smallest absolute Gasteiger partial charge is 0.417 e. The van der Waals surface area contributed by atoms with Crippen LogP contribution in [0.3, 0.4) is 0 Å². The summed E-state index contributed by atoms with van der Waals surface area (Å²) in [5.74, 6) is -2.32. The second kappa shape index (κ2) is 13.4. The number of alkyl halides is 6. The number of esters is 1. The first-order valence-corrected chi connectivity index (χ1v) is 14.1. The Bertz CT molecular complexity index is 1910. The average molecular weight is 667 g/mol. The minimum absolute atomic E-state index is 0.102. The molecule has 1 aromatic heterocycles. The molecule has 0 unspecified atom stereocenters. The van der Waals surface area contributed by atoms with Crippen molar-refractivity contribution >= 4 is 50.3 Å². The number of ether oxygens (including phenoxy) is 1. The molecule has 0 aliphatic heterocycles. The van der Waals surface area contributed by atoms with Crippen LogP contribution in [0.15, 0.2) is 40.4 Å². The second-order valence-corrected chi connectivity index (χ2v) is 10.7. The number of hydrogen-bond donors (Lipinski definition) is 3. The van der Waals surface area contributed by atoms with E-state index in [4.69, 9.17) is 0 Å². The first-order chi connectivity index (χ1) is 20.5. The van der Waals surface area contributed by atoms with Gasteiger partial charge in [0, 0.05) is 18.9 Å². The fraction of sp³-hybridized carbons (Fsp3) is 0.269. The molecule has 1 heterocycles. The van der Waals surface area contributed by atoms with Gasteiger partial charge in [-0.15, -0.1) is 0 Å². The molecule has 0 atom stereocenters. The summed E-state index contributed by atoms with van der Waals surface area (Å²) in [4.78, 5) is 62.1. The van der Waals surface area contributed by atoms with E-state index < -0.39 is 78.9 Å². The maximum Gasteiger partial charge on any atom is 0.417 e. The zero-order valence-corrected chi connectivity index (χ0v) is 24.5. The number of hydrogen-bond acceptors (Lipinski definition) is 8. The number of carbonyl (C=O) groups is 3. The first kappa shape index (κ1) is 36.3. The number of H-pyrrole nitrogens is 1. The third kappa shape index (κ3) is 8.80. The molecule has 0 aliphatic rings. The summed E-state index contributed by atoms with van der Waals surface area (Å²) < 4.78 is 105. The molecule has 0 saturated carbocycles. The molecule has 0 radical (unpaired) electrons. The molecule has 19 heteroatoms. The summed E-state index contributed by atoms with van der Waals surface area (Å²) in [6.07, 6.45) is -8.10. The van der Waals surface area contributed by atoms with Gasteiger partial charge in [-0.25, -0.2) is 22.8 Å². The van der Waals surface area contributed by atoms with Crippen LogP contribution in [0, 0.1) is 0 Å². The van der Waals surface area contributed by atoms with E-state index in [2.05, 4.69) is 16.6 Å². The number of carbonyl (C=O) groups excluding carboxylic acids is 3. The molecular formula is C26H24F6N4O8S. The molecule has 3 aromatic rings. The van der Waals surface area contributed by atoms with Crippen LogP contribution in [0.5, 0.6) is 0 Å². The van der Waals surface area contributed by atoms with Crippen LogP contribution in [0.25, 0.3) is 17.0 Å². The Balaban J connectivity index is 0.000000322. The Hall–Kier alpha value is -4.94. The van der Waals surface area contributed by atoms with E-state index in [0.29, 0.717) is 24.5 Å². The van der Waals surface area contributed by atoms with E-state index in [0.717, 1.165) is 26.2 Å². The lowest BCUT2D eigenvalue weighted by molar-refractivity contribution is -0.138. The highest BCUT2D eigenvalue weighted by atomic mass is 32.2. The van der Waals surface area contributed by atoms with Gasteiger partial charge in [-0.2, -0.15) is 31.0 Å². The number of methoxy groups -OCH3 is 1. The number of nitrogens with one attached hydrogen (secondary N) is 3. The zero-order valence-electron chi connectivity index (χ0n) is 23.7. The van der Waals surface area contributed by atoms with Gasteiger partial charge in [-0.05, 0) is 29.8 Å². The fourth-order valence-corrected chi connectivity index (χ4v) is 4.27. The summed E-state index contributed by atoms with van der Waals surface area (Å²) in [6.45, 7) is 5.75. The second-order valence-electron chi connectivity index (χ2n) is 9.01. The third-order valence-electron chi connectivity index (χ3n) is 5.65. The number of amides is 1. The number of ketones is 1. The number of fused-ring (bicyclic) bond motifs is 1. The van der Waals surface area contributed by atoms with E-state index >= 15 is 0 Å². The van der Waals surface area contributed by atoms with Gasteiger partial charge in [0.25, 0.3) is 5.56 Å². The van der Waals surface area contributed by atoms with Crippen molar-refractivity contribution in [1.29, 1.82) is 0 Å². The van der Waals surface area contributed by atoms with Crippen LogP contribution in [-0.2, 0) is 31.9 Å². The molecule has 0 spiro atoms. The quantitative estimate of drug-likeness (QED) is 0.194. The summed E-state index contributed by atoms with van der Waals surface area (Å²) in [5, 5.41) is 1.73. The maximum absolute atomic E-state index is 13.2. The molecule has 2 aromatic carbocycles. The SMILES string of the molecule is C=Cc1cc(C(=O)OC)c(NC(C)=O)cc1C(F)(F)F.CCC(=O)c1cc2c(=O)n(NS(C)(=O)=O)c(=O)[nH]c2cc1C(F)(F)F. The third-order valence-corrected chi connectivity index (χ3v) is 6.17. The van der Waals surface area contributed by atoms with Gasteiger partial charge in [0.05, 0.1) is 46.6 Å².